The summed E-state index contributed by atoms with van der Waals surface area (Å²) in [5.41, 5.74) is 1.67. The second-order valence-electron chi connectivity index (χ2n) is 8.09. The Kier molecular flexibility index (Phi) is 4.71. The standard InChI is InChI=1S/C23H24FNO3/c1-23(2,13-26)21-20(14-6-8-15(24)9-7-14)18-11-10-16(27)12-19(18)22(25-21)28-17-4-3-5-17/h6-12,17,26-27H,3-5,13H2,1-2H3. The van der Waals surface area contributed by atoms with E-state index >= 15 is 0 Å². The fourth-order valence-corrected chi connectivity index (χ4v) is 3.48. The number of aliphatic hydroxyl groups excluding tert-OH is 1. The fourth-order valence-electron chi connectivity index (χ4n) is 3.48. The number of halogens is 1. The number of aromatic nitrogens is 1. The van der Waals surface area contributed by atoms with Crippen molar-refractivity contribution >= 4 is 10.8 Å². The van der Waals surface area contributed by atoms with Gasteiger partial charge in [0.2, 0.25) is 5.88 Å². The second-order valence-corrected chi connectivity index (χ2v) is 8.09. The van der Waals surface area contributed by atoms with E-state index in [2.05, 4.69) is 0 Å². The minimum absolute atomic E-state index is 0.0966. The molecule has 1 aliphatic rings. The highest BCUT2D eigenvalue weighted by Gasteiger charge is 2.30. The molecule has 2 aromatic carbocycles. The zero-order valence-electron chi connectivity index (χ0n) is 16.1. The van der Waals surface area contributed by atoms with Gasteiger partial charge in [-0.3, -0.25) is 0 Å². The summed E-state index contributed by atoms with van der Waals surface area (Å²) >= 11 is 0. The molecule has 0 aliphatic heterocycles. The number of rotatable bonds is 5. The van der Waals surface area contributed by atoms with Crippen LogP contribution >= 0.6 is 0 Å². The Bertz CT molecular complexity index is 1010. The number of nitrogens with zero attached hydrogens (tertiary/aromatic N) is 1. The summed E-state index contributed by atoms with van der Waals surface area (Å²) in [5, 5.41) is 21.7. The van der Waals surface area contributed by atoms with E-state index < -0.39 is 5.41 Å². The summed E-state index contributed by atoms with van der Waals surface area (Å²) in [4.78, 5) is 4.82. The molecule has 4 rings (SSSR count). The summed E-state index contributed by atoms with van der Waals surface area (Å²) in [6.07, 6.45) is 3.23. The van der Waals surface area contributed by atoms with Crippen molar-refractivity contribution in [3.8, 4) is 22.8 Å². The van der Waals surface area contributed by atoms with Gasteiger partial charge >= 0.3 is 0 Å². The van der Waals surface area contributed by atoms with Gasteiger partial charge in [0.1, 0.15) is 17.7 Å². The van der Waals surface area contributed by atoms with Gasteiger partial charge in [0, 0.05) is 16.4 Å². The van der Waals surface area contributed by atoms with Crippen molar-refractivity contribution < 1.29 is 19.3 Å². The van der Waals surface area contributed by atoms with Crippen LogP contribution in [0.2, 0.25) is 0 Å². The van der Waals surface area contributed by atoms with Crippen molar-refractivity contribution in [2.24, 2.45) is 0 Å². The fraction of sp³-hybridized carbons (Fsp3) is 0.348. The smallest absolute Gasteiger partial charge is 0.222 e. The molecule has 1 saturated carbocycles. The molecule has 1 aromatic heterocycles. The molecule has 0 bridgehead atoms. The summed E-state index contributed by atoms with van der Waals surface area (Å²) < 4.78 is 19.7. The SMILES string of the molecule is CC(C)(CO)c1nc(OC2CCC2)c2cc(O)ccc2c1-c1ccc(F)cc1. The number of hydrogen-bond acceptors (Lipinski definition) is 4. The third-order valence-electron chi connectivity index (χ3n) is 5.45. The van der Waals surface area contributed by atoms with Crippen molar-refractivity contribution in [2.45, 2.75) is 44.6 Å². The number of hydrogen-bond donors (Lipinski definition) is 2. The van der Waals surface area contributed by atoms with Crippen LogP contribution in [0.1, 0.15) is 38.8 Å². The Balaban J connectivity index is 2.03. The van der Waals surface area contributed by atoms with Crippen LogP contribution in [0.25, 0.3) is 21.9 Å². The van der Waals surface area contributed by atoms with Crippen molar-refractivity contribution in [3.05, 3.63) is 54.0 Å². The molecule has 146 valence electrons. The van der Waals surface area contributed by atoms with Gasteiger partial charge in [0.05, 0.1) is 12.3 Å². The van der Waals surface area contributed by atoms with Gasteiger partial charge in [-0.05, 0) is 60.5 Å². The molecule has 4 nitrogen and oxygen atoms in total. The molecule has 1 fully saturated rings. The molecule has 1 aliphatic carbocycles. The summed E-state index contributed by atoms with van der Waals surface area (Å²) in [7, 11) is 0. The predicted octanol–water partition coefficient (Wildman–Crippen LogP) is 4.95. The molecule has 0 unspecified atom stereocenters. The van der Waals surface area contributed by atoms with E-state index in [1.54, 1.807) is 24.3 Å². The van der Waals surface area contributed by atoms with Gasteiger partial charge in [-0.15, -0.1) is 0 Å². The van der Waals surface area contributed by atoms with Crippen LogP contribution in [0.4, 0.5) is 4.39 Å². The lowest BCUT2D eigenvalue weighted by atomic mass is 9.83. The molecular formula is C23H24FNO3. The van der Waals surface area contributed by atoms with Crippen LogP contribution in [-0.2, 0) is 5.41 Å². The highest BCUT2D eigenvalue weighted by Crippen LogP contribution is 2.42. The Labute approximate surface area is 163 Å². The van der Waals surface area contributed by atoms with Gasteiger partial charge < -0.3 is 14.9 Å². The van der Waals surface area contributed by atoms with Crippen molar-refractivity contribution in [2.75, 3.05) is 6.61 Å². The summed E-state index contributed by atoms with van der Waals surface area (Å²) in [6, 6.07) is 11.4. The predicted molar refractivity (Wildman–Crippen MR) is 107 cm³/mol. The summed E-state index contributed by atoms with van der Waals surface area (Å²) in [5.74, 6) is 0.288. The molecular weight excluding hydrogens is 357 g/mol. The lowest BCUT2D eigenvalue weighted by molar-refractivity contribution is 0.115. The van der Waals surface area contributed by atoms with Crippen LogP contribution in [-0.4, -0.2) is 27.9 Å². The van der Waals surface area contributed by atoms with E-state index in [4.69, 9.17) is 9.72 Å². The maximum atomic E-state index is 13.5. The number of phenols is 1. The van der Waals surface area contributed by atoms with E-state index in [0.29, 0.717) is 17.0 Å². The number of aromatic hydroxyl groups is 1. The molecule has 0 saturated heterocycles. The highest BCUT2D eigenvalue weighted by atomic mass is 19.1. The Morgan fingerprint density at radius 1 is 1.11 bits per heavy atom. The highest BCUT2D eigenvalue weighted by molar-refractivity contribution is 6.01. The van der Waals surface area contributed by atoms with Crippen LogP contribution in [0, 0.1) is 5.82 Å². The number of aliphatic hydroxyl groups is 1. The van der Waals surface area contributed by atoms with Crippen LogP contribution in [0.5, 0.6) is 11.6 Å². The van der Waals surface area contributed by atoms with Crippen LogP contribution < -0.4 is 4.74 Å². The Hall–Kier alpha value is -2.66. The maximum absolute atomic E-state index is 13.5. The molecule has 0 spiro atoms. The third kappa shape index (κ3) is 3.31. The lowest BCUT2D eigenvalue weighted by Gasteiger charge is -2.30. The molecule has 5 heteroatoms. The topological polar surface area (TPSA) is 62.6 Å². The monoisotopic (exact) mass is 381 g/mol. The van der Waals surface area contributed by atoms with Crippen molar-refractivity contribution in [1.29, 1.82) is 0 Å². The average molecular weight is 381 g/mol. The first kappa shape index (κ1) is 18.7. The third-order valence-corrected chi connectivity index (χ3v) is 5.45. The van der Waals surface area contributed by atoms with Gasteiger partial charge in [0.15, 0.2) is 0 Å². The zero-order valence-corrected chi connectivity index (χ0v) is 16.1. The first-order chi connectivity index (χ1) is 13.4. The molecule has 1 heterocycles. The Morgan fingerprint density at radius 3 is 2.43 bits per heavy atom. The van der Waals surface area contributed by atoms with E-state index in [1.807, 2.05) is 19.9 Å². The lowest BCUT2D eigenvalue weighted by Crippen LogP contribution is -2.28. The van der Waals surface area contributed by atoms with Gasteiger partial charge in [-0.1, -0.05) is 26.0 Å². The zero-order chi connectivity index (χ0) is 19.9. The molecule has 0 radical (unpaired) electrons. The minimum atomic E-state index is -0.631. The largest absolute Gasteiger partial charge is 0.508 e. The normalized spacial score (nSPS) is 14.9. The first-order valence-electron chi connectivity index (χ1n) is 9.60. The van der Waals surface area contributed by atoms with Gasteiger partial charge in [0.25, 0.3) is 0 Å². The first-order valence-corrected chi connectivity index (χ1v) is 9.60. The Morgan fingerprint density at radius 2 is 1.82 bits per heavy atom. The molecule has 3 aromatic rings. The molecule has 0 amide bonds. The van der Waals surface area contributed by atoms with Crippen molar-refractivity contribution in [3.63, 3.8) is 0 Å². The van der Waals surface area contributed by atoms with Crippen LogP contribution in [0.15, 0.2) is 42.5 Å². The van der Waals surface area contributed by atoms with E-state index in [0.717, 1.165) is 35.8 Å². The molecule has 2 N–H and O–H groups in total. The van der Waals surface area contributed by atoms with Gasteiger partial charge in [-0.2, -0.15) is 0 Å². The minimum Gasteiger partial charge on any atom is -0.508 e. The maximum Gasteiger partial charge on any atom is 0.222 e. The quantitative estimate of drug-likeness (QED) is 0.657. The number of benzene rings is 2. The molecule has 28 heavy (non-hydrogen) atoms. The number of pyridine rings is 1. The van der Waals surface area contributed by atoms with E-state index in [-0.39, 0.29) is 24.3 Å². The van der Waals surface area contributed by atoms with E-state index in [9.17, 15) is 14.6 Å². The second kappa shape index (κ2) is 7.06. The average Bonchev–Trinajstić information content (AvgIpc) is 2.65. The number of ether oxygens (including phenoxy) is 1. The van der Waals surface area contributed by atoms with E-state index in [1.165, 1.54) is 12.1 Å². The number of phenolic OH excluding ortho intramolecular Hbond substituents is 1. The van der Waals surface area contributed by atoms with Crippen LogP contribution in [0.3, 0.4) is 0 Å². The van der Waals surface area contributed by atoms with Crippen molar-refractivity contribution in [1.82, 2.24) is 4.98 Å². The van der Waals surface area contributed by atoms with Gasteiger partial charge in [-0.25, -0.2) is 9.37 Å². The number of fused-ring (bicyclic) bond motifs is 1. The summed E-state index contributed by atoms with van der Waals surface area (Å²) in [6.45, 7) is 3.74. The molecule has 0 atom stereocenters.